The zero-order chi connectivity index (χ0) is 22.2. The topological polar surface area (TPSA) is 90.0 Å². The molecule has 31 heavy (non-hydrogen) atoms. The van der Waals surface area contributed by atoms with E-state index in [1.165, 1.54) is 17.8 Å². The van der Waals surface area contributed by atoms with Crippen molar-refractivity contribution in [3.8, 4) is 11.5 Å². The first-order valence-corrected chi connectivity index (χ1v) is 11.3. The Bertz CT molecular complexity index is 873. The van der Waals surface area contributed by atoms with Gasteiger partial charge in [0.15, 0.2) is 5.69 Å². The number of amides is 2. The summed E-state index contributed by atoms with van der Waals surface area (Å²) >= 11 is 1.36. The van der Waals surface area contributed by atoms with E-state index in [9.17, 15) is 9.59 Å². The number of hydrogen-bond acceptors (Lipinski definition) is 7. The van der Waals surface area contributed by atoms with Gasteiger partial charge in [0.25, 0.3) is 0 Å². The number of carbonyl (C=O) groups excluding carboxylic acids is 2. The molecule has 3 rings (SSSR count). The first-order chi connectivity index (χ1) is 15.0. The van der Waals surface area contributed by atoms with Crippen molar-refractivity contribution in [3.05, 3.63) is 34.3 Å². The molecule has 0 aliphatic heterocycles. The summed E-state index contributed by atoms with van der Waals surface area (Å²) in [5, 5.41) is 5.35. The van der Waals surface area contributed by atoms with Gasteiger partial charge in [-0.1, -0.05) is 19.3 Å². The highest BCUT2D eigenvalue weighted by Gasteiger charge is 2.27. The Hall–Kier alpha value is -2.81. The van der Waals surface area contributed by atoms with E-state index in [-0.39, 0.29) is 17.8 Å². The smallest absolute Gasteiger partial charge is 0.357 e. The molecule has 8 nitrogen and oxygen atoms in total. The second-order valence-electron chi connectivity index (χ2n) is 7.30. The Labute approximate surface area is 186 Å². The van der Waals surface area contributed by atoms with Crippen molar-refractivity contribution in [1.82, 2.24) is 9.88 Å². The summed E-state index contributed by atoms with van der Waals surface area (Å²) in [7, 11) is 3.14. The average molecular weight is 448 g/mol. The summed E-state index contributed by atoms with van der Waals surface area (Å²) in [4.78, 5) is 31.4. The molecule has 1 aromatic carbocycles. The van der Waals surface area contributed by atoms with Gasteiger partial charge in [-0.25, -0.2) is 14.6 Å². The highest BCUT2D eigenvalue weighted by molar-refractivity contribution is 7.09. The van der Waals surface area contributed by atoms with Crippen LogP contribution in [-0.2, 0) is 11.3 Å². The van der Waals surface area contributed by atoms with Gasteiger partial charge in [-0.05, 0) is 19.8 Å². The van der Waals surface area contributed by atoms with Gasteiger partial charge in [-0.2, -0.15) is 0 Å². The maximum Gasteiger partial charge on any atom is 0.357 e. The Morgan fingerprint density at radius 1 is 1.13 bits per heavy atom. The third kappa shape index (κ3) is 6.10. The van der Waals surface area contributed by atoms with Gasteiger partial charge in [0.05, 0.1) is 27.4 Å². The third-order valence-electron chi connectivity index (χ3n) is 5.22. The number of ether oxygens (including phenoxy) is 3. The minimum absolute atomic E-state index is 0.121. The summed E-state index contributed by atoms with van der Waals surface area (Å²) in [5.41, 5.74) is 0.872. The number of anilines is 1. The normalized spacial score (nSPS) is 14.0. The Morgan fingerprint density at radius 2 is 1.81 bits per heavy atom. The number of esters is 1. The Kier molecular flexibility index (Phi) is 8.11. The highest BCUT2D eigenvalue weighted by Crippen LogP contribution is 2.28. The fourth-order valence-corrected chi connectivity index (χ4v) is 4.42. The summed E-state index contributed by atoms with van der Waals surface area (Å²) < 4.78 is 15.6. The lowest BCUT2D eigenvalue weighted by Crippen LogP contribution is -2.43. The fourth-order valence-electron chi connectivity index (χ4n) is 3.66. The van der Waals surface area contributed by atoms with E-state index in [0.717, 1.165) is 25.7 Å². The maximum absolute atomic E-state index is 13.3. The first-order valence-electron chi connectivity index (χ1n) is 10.5. The van der Waals surface area contributed by atoms with E-state index in [2.05, 4.69) is 10.3 Å². The van der Waals surface area contributed by atoms with Crippen LogP contribution in [0.3, 0.4) is 0 Å². The van der Waals surface area contributed by atoms with E-state index in [1.54, 1.807) is 44.7 Å². The standard InChI is InChI=1S/C22H29N3O5S/c1-4-30-21(26)19-14-31-20(24-19)13-25(16-8-6-5-7-9-16)22(27)23-15-10-17(28-2)12-18(11-15)29-3/h10-12,14,16H,4-9,13H2,1-3H3,(H,23,27). The molecule has 0 atom stereocenters. The molecule has 1 aliphatic rings. The first kappa shape index (κ1) is 22.9. The van der Waals surface area contributed by atoms with E-state index in [1.807, 2.05) is 4.90 Å². The quantitative estimate of drug-likeness (QED) is 0.590. The van der Waals surface area contributed by atoms with Crippen molar-refractivity contribution in [1.29, 1.82) is 0 Å². The maximum atomic E-state index is 13.3. The van der Waals surface area contributed by atoms with Crippen LogP contribution in [0.2, 0.25) is 0 Å². The number of carbonyl (C=O) groups is 2. The number of thiazole rings is 1. The molecule has 2 aromatic rings. The zero-order valence-electron chi connectivity index (χ0n) is 18.2. The zero-order valence-corrected chi connectivity index (χ0v) is 19.0. The minimum Gasteiger partial charge on any atom is -0.497 e. The number of aromatic nitrogens is 1. The van der Waals surface area contributed by atoms with Crippen molar-refractivity contribution in [2.45, 2.75) is 51.6 Å². The van der Waals surface area contributed by atoms with Gasteiger partial charge in [0, 0.05) is 35.3 Å². The number of rotatable bonds is 8. The molecule has 1 saturated carbocycles. The Balaban J connectivity index is 1.79. The summed E-state index contributed by atoms with van der Waals surface area (Å²) in [6, 6.07) is 5.16. The van der Waals surface area contributed by atoms with Crippen LogP contribution in [0.25, 0.3) is 0 Å². The fraction of sp³-hybridized carbons (Fsp3) is 0.500. The monoisotopic (exact) mass is 447 g/mol. The van der Waals surface area contributed by atoms with Gasteiger partial charge >= 0.3 is 12.0 Å². The number of nitrogens with zero attached hydrogens (tertiary/aromatic N) is 2. The van der Waals surface area contributed by atoms with Crippen molar-refractivity contribution in [3.63, 3.8) is 0 Å². The molecular weight excluding hydrogens is 418 g/mol. The van der Waals surface area contributed by atoms with Crippen molar-refractivity contribution < 1.29 is 23.8 Å². The van der Waals surface area contributed by atoms with Gasteiger partial charge in [0.1, 0.15) is 16.5 Å². The molecule has 1 fully saturated rings. The van der Waals surface area contributed by atoms with E-state index >= 15 is 0 Å². The van der Waals surface area contributed by atoms with Crippen LogP contribution in [0.15, 0.2) is 23.6 Å². The predicted octanol–water partition coefficient (Wildman–Crippen LogP) is 4.70. The van der Waals surface area contributed by atoms with Gasteiger partial charge in [-0.3, -0.25) is 0 Å². The second kappa shape index (κ2) is 11.0. The molecule has 9 heteroatoms. The summed E-state index contributed by atoms with van der Waals surface area (Å²) in [6.45, 7) is 2.39. The van der Waals surface area contributed by atoms with Crippen molar-refractivity contribution >= 4 is 29.0 Å². The van der Waals surface area contributed by atoms with Gasteiger partial charge < -0.3 is 24.4 Å². The molecule has 0 radical (unpaired) electrons. The minimum atomic E-state index is -0.442. The molecule has 0 saturated heterocycles. The van der Waals surface area contributed by atoms with Crippen LogP contribution in [0.4, 0.5) is 10.5 Å². The molecule has 1 aromatic heterocycles. The van der Waals surface area contributed by atoms with E-state index in [4.69, 9.17) is 14.2 Å². The average Bonchev–Trinajstić information content (AvgIpc) is 3.26. The van der Waals surface area contributed by atoms with Gasteiger partial charge in [0.2, 0.25) is 0 Å². The lowest BCUT2D eigenvalue weighted by atomic mass is 9.94. The molecule has 0 unspecified atom stereocenters. The molecular formula is C22H29N3O5S. The van der Waals surface area contributed by atoms with Crippen LogP contribution in [0, 0.1) is 0 Å². The molecule has 0 bridgehead atoms. The molecule has 0 spiro atoms. The van der Waals surface area contributed by atoms with Crippen LogP contribution < -0.4 is 14.8 Å². The summed E-state index contributed by atoms with van der Waals surface area (Å²) in [5.74, 6) is 0.748. The van der Waals surface area contributed by atoms with Crippen LogP contribution >= 0.6 is 11.3 Å². The van der Waals surface area contributed by atoms with Crippen LogP contribution in [0.5, 0.6) is 11.5 Å². The lowest BCUT2D eigenvalue weighted by Gasteiger charge is -2.34. The molecule has 1 N–H and O–H groups in total. The van der Waals surface area contributed by atoms with Crippen LogP contribution in [-0.4, -0.2) is 48.8 Å². The van der Waals surface area contributed by atoms with Crippen molar-refractivity contribution in [2.24, 2.45) is 0 Å². The SMILES string of the molecule is CCOC(=O)c1csc(CN(C(=O)Nc2cc(OC)cc(OC)c2)C2CCCCC2)n1. The number of nitrogens with one attached hydrogen (secondary N) is 1. The number of methoxy groups -OCH3 is 2. The molecule has 1 heterocycles. The third-order valence-corrected chi connectivity index (χ3v) is 6.05. The number of urea groups is 1. The largest absolute Gasteiger partial charge is 0.497 e. The van der Waals surface area contributed by atoms with Gasteiger partial charge in [-0.15, -0.1) is 11.3 Å². The molecule has 168 valence electrons. The van der Waals surface area contributed by atoms with Crippen molar-refractivity contribution in [2.75, 3.05) is 26.1 Å². The van der Waals surface area contributed by atoms with E-state index < -0.39 is 5.97 Å². The predicted molar refractivity (Wildman–Crippen MR) is 119 cm³/mol. The highest BCUT2D eigenvalue weighted by atomic mass is 32.1. The summed E-state index contributed by atoms with van der Waals surface area (Å²) in [6.07, 6.45) is 5.26. The molecule has 1 aliphatic carbocycles. The Morgan fingerprint density at radius 3 is 2.42 bits per heavy atom. The molecule has 2 amide bonds. The second-order valence-corrected chi connectivity index (χ2v) is 8.24. The van der Waals surface area contributed by atoms with Crippen LogP contribution in [0.1, 0.15) is 54.5 Å². The lowest BCUT2D eigenvalue weighted by molar-refractivity contribution is 0.0520. The number of hydrogen-bond donors (Lipinski definition) is 1. The van der Waals surface area contributed by atoms with E-state index in [0.29, 0.717) is 35.3 Å². The number of benzene rings is 1.